The monoisotopic (exact) mass is 383 g/mol. The van der Waals surface area contributed by atoms with Crippen molar-refractivity contribution in [2.75, 3.05) is 20.3 Å². The third-order valence-electron chi connectivity index (χ3n) is 4.16. The minimum atomic E-state index is -0.684. The molecular formula is C22H25NO5. The second-order valence-electron chi connectivity index (χ2n) is 7.33. The van der Waals surface area contributed by atoms with Crippen LogP contribution >= 0.6 is 0 Å². The van der Waals surface area contributed by atoms with Crippen molar-refractivity contribution in [1.82, 2.24) is 5.32 Å². The average molecular weight is 383 g/mol. The van der Waals surface area contributed by atoms with E-state index in [1.807, 2.05) is 12.1 Å². The molecular weight excluding hydrogens is 358 g/mol. The van der Waals surface area contributed by atoms with Gasteiger partial charge in [0.1, 0.15) is 12.3 Å². The summed E-state index contributed by atoms with van der Waals surface area (Å²) in [5.74, 6) is -0.873. The fourth-order valence-electron chi connectivity index (χ4n) is 2.46. The van der Waals surface area contributed by atoms with Gasteiger partial charge >= 0.3 is 5.97 Å². The van der Waals surface area contributed by atoms with Gasteiger partial charge in [-0.3, -0.25) is 14.4 Å². The first-order chi connectivity index (χ1) is 13.2. The van der Waals surface area contributed by atoms with Crippen LogP contribution in [0.3, 0.4) is 0 Å². The van der Waals surface area contributed by atoms with E-state index in [1.165, 1.54) is 7.11 Å². The number of nitrogens with one attached hydrogen (secondary N) is 1. The Balaban J connectivity index is 1.81. The lowest BCUT2D eigenvalue weighted by Gasteiger charge is -2.18. The van der Waals surface area contributed by atoms with Crippen molar-refractivity contribution in [2.24, 2.45) is 0 Å². The van der Waals surface area contributed by atoms with Crippen molar-refractivity contribution in [3.8, 4) is 5.75 Å². The molecule has 1 N–H and O–H groups in total. The van der Waals surface area contributed by atoms with E-state index in [1.54, 1.807) is 36.4 Å². The zero-order chi connectivity index (χ0) is 20.7. The van der Waals surface area contributed by atoms with E-state index < -0.39 is 11.9 Å². The van der Waals surface area contributed by atoms with Gasteiger partial charge in [0.05, 0.1) is 7.11 Å². The molecule has 0 radical (unpaired) electrons. The third-order valence-corrected chi connectivity index (χ3v) is 4.16. The van der Waals surface area contributed by atoms with E-state index >= 15 is 0 Å². The zero-order valence-corrected chi connectivity index (χ0v) is 16.6. The molecule has 0 aliphatic carbocycles. The molecule has 0 atom stereocenters. The predicted octanol–water partition coefficient (Wildman–Crippen LogP) is 3.15. The standard InChI is InChI=1S/C22H25NO5/c1-22(2,3)17-10-8-15(9-11-17)19(24)14-28-20(25)13-23-21(26)16-6-5-7-18(12-16)27-4/h5-12H,13-14H2,1-4H3,(H,23,26). The maximum atomic E-state index is 12.2. The SMILES string of the molecule is COc1cccc(C(=O)NCC(=O)OCC(=O)c2ccc(C(C)(C)C)cc2)c1. The predicted molar refractivity (Wildman–Crippen MR) is 106 cm³/mol. The molecule has 0 bridgehead atoms. The van der Waals surface area contributed by atoms with E-state index in [4.69, 9.17) is 9.47 Å². The zero-order valence-electron chi connectivity index (χ0n) is 16.6. The largest absolute Gasteiger partial charge is 0.497 e. The molecule has 0 fully saturated rings. The summed E-state index contributed by atoms with van der Waals surface area (Å²) < 4.78 is 10.0. The van der Waals surface area contributed by atoms with Crippen LogP contribution in [0.2, 0.25) is 0 Å². The minimum absolute atomic E-state index is 0.00494. The van der Waals surface area contributed by atoms with Gasteiger partial charge in [-0.15, -0.1) is 0 Å². The van der Waals surface area contributed by atoms with Crippen LogP contribution in [0, 0.1) is 0 Å². The summed E-state index contributed by atoms with van der Waals surface area (Å²) in [5.41, 5.74) is 1.94. The number of ether oxygens (including phenoxy) is 2. The highest BCUT2D eigenvalue weighted by Gasteiger charge is 2.15. The number of rotatable bonds is 7. The first kappa shape index (κ1) is 21.2. The van der Waals surface area contributed by atoms with Crippen molar-refractivity contribution in [2.45, 2.75) is 26.2 Å². The van der Waals surface area contributed by atoms with Crippen LogP contribution in [0.1, 0.15) is 47.1 Å². The summed E-state index contributed by atoms with van der Waals surface area (Å²) in [7, 11) is 1.50. The van der Waals surface area contributed by atoms with Gasteiger partial charge in [0.2, 0.25) is 0 Å². The highest BCUT2D eigenvalue weighted by Crippen LogP contribution is 2.22. The van der Waals surface area contributed by atoms with E-state index in [2.05, 4.69) is 26.1 Å². The molecule has 0 heterocycles. The second kappa shape index (κ2) is 9.17. The summed E-state index contributed by atoms with van der Waals surface area (Å²) >= 11 is 0. The number of esters is 1. The summed E-state index contributed by atoms with van der Waals surface area (Å²) in [5, 5.41) is 2.46. The molecule has 0 saturated carbocycles. The Morgan fingerprint density at radius 2 is 1.64 bits per heavy atom. The number of methoxy groups -OCH3 is 1. The number of ketones is 1. The Labute approximate surface area is 164 Å². The number of carbonyl (C=O) groups is 3. The molecule has 0 saturated heterocycles. The summed E-state index contributed by atoms with van der Waals surface area (Å²) in [4.78, 5) is 36.0. The van der Waals surface area contributed by atoms with E-state index in [0.29, 0.717) is 16.9 Å². The van der Waals surface area contributed by atoms with Crippen LogP contribution in [0.4, 0.5) is 0 Å². The molecule has 2 aromatic carbocycles. The molecule has 0 unspecified atom stereocenters. The van der Waals surface area contributed by atoms with Crippen LogP contribution in [0.15, 0.2) is 48.5 Å². The van der Waals surface area contributed by atoms with Crippen molar-refractivity contribution in [3.05, 3.63) is 65.2 Å². The topological polar surface area (TPSA) is 81.7 Å². The molecule has 148 valence electrons. The van der Waals surface area contributed by atoms with E-state index in [0.717, 1.165) is 5.56 Å². The molecule has 6 nitrogen and oxygen atoms in total. The van der Waals surface area contributed by atoms with Gasteiger partial charge in [0, 0.05) is 11.1 Å². The molecule has 6 heteroatoms. The smallest absolute Gasteiger partial charge is 0.325 e. The Morgan fingerprint density at radius 1 is 0.964 bits per heavy atom. The maximum Gasteiger partial charge on any atom is 0.325 e. The first-order valence-electron chi connectivity index (χ1n) is 8.92. The number of hydrogen-bond donors (Lipinski definition) is 1. The maximum absolute atomic E-state index is 12.2. The van der Waals surface area contributed by atoms with Gasteiger partial charge < -0.3 is 14.8 Å². The van der Waals surface area contributed by atoms with Gasteiger partial charge in [-0.25, -0.2) is 0 Å². The molecule has 0 spiro atoms. The van der Waals surface area contributed by atoms with Crippen molar-refractivity contribution >= 4 is 17.7 Å². The van der Waals surface area contributed by atoms with Gasteiger partial charge in [-0.1, -0.05) is 51.1 Å². The number of hydrogen-bond acceptors (Lipinski definition) is 5. The molecule has 0 aliphatic heterocycles. The first-order valence-corrected chi connectivity index (χ1v) is 8.92. The fourth-order valence-corrected chi connectivity index (χ4v) is 2.46. The van der Waals surface area contributed by atoms with Crippen molar-refractivity contribution in [3.63, 3.8) is 0 Å². The third kappa shape index (κ3) is 5.94. The molecule has 28 heavy (non-hydrogen) atoms. The lowest BCUT2D eigenvalue weighted by atomic mass is 9.86. The van der Waals surface area contributed by atoms with Gasteiger partial charge in [0.25, 0.3) is 5.91 Å². The molecule has 0 aliphatic rings. The average Bonchev–Trinajstić information content (AvgIpc) is 2.69. The van der Waals surface area contributed by atoms with Gasteiger partial charge in [-0.2, -0.15) is 0 Å². The quantitative estimate of drug-likeness (QED) is 0.587. The number of Topliss-reactive ketones (excluding diaryl/α,β-unsaturated/α-hetero) is 1. The van der Waals surface area contributed by atoms with Crippen LogP contribution in [0.5, 0.6) is 5.75 Å². The highest BCUT2D eigenvalue weighted by molar-refractivity contribution is 5.99. The Kier molecular flexibility index (Phi) is 6.93. The highest BCUT2D eigenvalue weighted by atomic mass is 16.5. The number of benzene rings is 2. The Morgan fingerprint density at radius 3 is 2.25 bits per heavy atom. The summed E-state index contributed by atoms with van der Waals surface area (Å²) in [6.45, 7) is 5.57. The van der Waals surface area contributed by atoms with E-state index in [-0.39, 0.29) is 24.3 Å². The van der Waals surface area contributed by atoms with Gasteiger partial charge in [0.15, 0.2) is 12.4 Å². The fraction of sp³-hybridized carbons (Fsp3) is 0.318. The lowest BCUT2D eigenvalue weighted by molar-refractivity contribution is -0.141. The Hall–Kier alpha value is -3.15. The van der Waals surface area contributed by atoms with Crippen LogP contribution in [-0.4, -0.2) is 37.9 Å². The lowest BCUT2D eigenvalue weighted by Crippen LogP contribution is -2.31. The van der Waals surface area contributed by atoms with Crippen molar-refractivity contribution < 1.29 is 23.9 Å². The molecule has 1 amide bonds. The molecule has 2 aromatic rings. The summed E-state index contributed by atoms with van der Waals surface area (Å²) in [6.07, 6.45) is 0. The van der Waals surface area contributed by atoms with Gasteiger partial charge in [-0.05, 0) is 29.2 Å². The molecule has 0 aromatic heterocycles. The number of carbonyl (C=O) groups excluding carboxylic acids is 3. The van der Waals surface area contributed by atoms with Crippen LogP contribution < -0.4 is 10.1 Å². The van der Waals surface area contributed by atoms with Crippen LogP contribution in [-0.2, 0) is 14.9 Å². The normalized spacial score (nSPS) is 10.9. The Bertz CT molecular complexity index is 850. The second-order valence-corrected chi connectivity index (χ2v) is 7.33. The summed E-state index contributed by atoms with van der Waals surface area (Å²) in [6, 6.07) is 13.8. The van der Waals surface area contributed by atoms with Crippen LogP contribution in [0.25, 0.3) is 0 Å². The minimum Gasteiger partial charge on any atom is -0.497 e. The molecule has 2 rings (SSSR count). The number of amides is 1. The van der Waals surface area contributed by atoms with E-state index in [9.17, 15) is 14.4 Å². The van der Waals surface area contributed by atoms with Crippen molar-refractivity contribution in [1.29, 1.82) is 0 Å².